The molecule has 1 heterocycles. The summed E-state index contributed by atoms with van der Waals surface area (Å²) < 4.78 is 3.28. The molecule has 1 aromatic heterocycles. The van der Waals surface area contributed by atoms with E-state index in [1.165, 1.54) is 25.7 Å². The molecule has 1 saturated carbocycles. The smallest absolute Gasteiger partial charge is 0.201 e. The van der Waals surface area contributed by atoms with Gasteiger partial charge in [0, 0.05) is 10.5 Å². The first kappa shape index (κ1) is 13.0. The van der Waals surface area contributed by atoms with Gasteiger partial charge in [-0.15, -0.1) is 0 Å². The molecule has 1 aliphatic carbocycles. The van der Waals surface area contributed by atoms with Crippen LogP contribution in [0.4, 0.5) is 5.95 Å². The Balaban J connectivity index is 1.99. The molecule has 0 spiro atoms. The molecular weight excluding hydrogens is 302 g/mol. The predicted octanol–water partition coefficient (Wildman–Crippen LogP) is 4.52. The molecule has 3 rings (SSSR count). The van der Waals surface area contributed by atoms with Crippen LogP contribution in [0.1, 0.15) is 45.6 Å². The summed E-state index contributed by atoms with van der Waals surface area (Å²) >= 11 is 3.49. The highest BCUT2D eigenvalue weighted by atomic mass is 79.9. The average Bonchev–Trinajstić information content (AvgIpc) is 2.65. The van der Waals surface area contributed by atoms with Gasteiger partial charge in [0.15, 0.2) is 0 Å². The average molecular weight is 322 g/mol. The number of nitrogens with zero attached hydrogens (tertiary/aromatic N) is 2. The summed E-state index contributed by atoms with van der Waals surface area (Å²) in [5.74, 6) is 0.651. The van der Waals surface area contributed by atoms with Crippen LogP contribution in [0.25, 0.3) is 11.0 Å². The molecule has 0 aliphatic heterocycles. The van der Waals surface area contributed by atoms with E-state index in [9.17, 15) is 0 Å². The molecular formula is C15H20BrN3. The van der Waals surface area contributed by atoms with Gasteiger partial charge in [-0.25, -0.2) is 4.98 Å². The minimum Gasteiger partial charge on any atom is -0.369 e. The van der Waals surface area contributed by atoms with Crippen molar-refractivity contribution in [1.29, 1.82) is 0 Å². The zero-order valence-corrected chi connectivity index (χ0v) is 13.1. The number of halogens is 1. The van der Waals surface area contributed by atoms with Crippen LogP contribution in [0.15, 0.2) is 22.7 Å². The van der Waals surface area contributed by atoms with Crippen molar-refractivity contribution in [1.82, 2.24) is 9.55 Å². The van der Waals surface area contributed by atoms with Gasteiger partial charge in [0.1, 0.15) is 0 Å². The van der Waals surface area contributed by atoms with E-state index in [1.54, 1.807) is 0 Å². The summed E-state index contributed by atoms with van der Waals surface area (Å²) in [5, 5.41) is 0. The highest BCUT2D eigenvalue weighted by Crippen LogP contribution is 2.42. The fourth-order valence-electron chi connectivity index (χ4n) is 3.12. The van der Waals surface area contributed by atoms with Gasteiger partial charge in [-0.2, -0.15) is 0 Å². The molecule has 0 unspecified atom stereocenters. The van der Waals surface area contributed by atoms with E-state index in [4.69, 9.17) is 5.73 Å². The number of nitrogens with two attached hydrogens (primary N) is 1. The SMILES string of the molecule is CC1(C)CCC(n2c(N)nc3cc(Br)ccc32)CC1. The van der Waals surface area contributed by atoms with Crippen molar-refractivity contribution < 1.29 is 0 Å². The van der Waals surface area contributed by atoms with Gasteiger partial charge in [0.25, 0.3) is 0 Å². The van der Waals surface area contributed by atoms with E-state index < -0.39 is 0 Å². The van der Waals surface area contributed by atoms with Crippen molar-refractivity contribution >= 4 is 32.9 Å². The number of imidazole rings is 1. The Morgan fingerprint density at radius 3 is 2.68 bits per heavy atom. The standard InChI is InChI=1S/C15H20BrN3/c1-15(2)7-5-11(6-8-15)19-13-4-3-10(16)9-12(13)18-14(19)17/h3-4,9,11H,5-8H2,1-2H3,(H2,17,18). The molecule has 3 nitrogen and oxygen atoms in total. The zero-order valence-electron chi connectivity index (χ0n) is 11.5. The molecule has 2 N–H and O–H groups in total. The van der Waals surface area contributed by atoms with Crippen LogP contribution in [-0.4, -0.2) is 9.55 Å². The third-order valence-electron chi connectivity index (χ3n) is 4.35. The molecule has 19 heavy (non-hydrogen) atoms. The predicted molar refractivity (Wildman–Crippen MR) is 83.1 cm³/mol. The maximum absolute atomic E-state index is 6.14. The Kier molecular flexibility index (Phi) is 3.08. The Morgan fingerprint density at radius 1 is 1.32 bits per heavy atom. The normalized spacial score (nSPS) is 19.9. The van der Waals surface area contributed by atoms with Crippen molar-refractivity contribution in [2.75, 3.05) is 5.73 Å². The van der Waals surface area contributed by atoms with Crippen LogP contribution in [0.2, 0.25) is 0 Å². The maximum Gasteiger partial charge on any atom is 0.201 e. The number of aromatic nitrogens is 2. The Hall–Kier alpha value is -1.03. The van der Waals surface area contributed by atoms with E-state index >= 15 is 0 Å². The fraction of sp³-hybridized carbons (Fsp3) is 0.533. The number of fused-ring (bicyclic) bond motifs is 1. The van der Waals surface area contributed by atoms with E-state index in [0.717, 1.165) is 15.5 Å². The molecule has 0 radical (unpaired) electrons. The number of benzene rings is 1. The van der Waals surface area contributed by atoms with E-state index in [2.05, 4.69) is 51.5 Å². The minimum absolute atomic E-state index is 0.477. The van der Waals surface area contributed by atoms with Gasteiger partial charge in [-0.1, -0.05) is 29.8 Å². The fourth-order valence-corrected chi connectivity index (χ4v) is 3.47. The van der Waals surface area contributed by atoms with E-state index in [-0.39, 0.29) is 0 Å². The maximum atomic E-state index is 6.14. The van der Waals surface area contributed by atoms with Crippen LogP contribution in [0, 0.1) is 5.41 Å². The summed E-state index contributed by atoms with van der Waals surface area (Å²) in [6, 6.07) is 6.71. The second kappa shape index (κ2) is 4.51. The van der Waals surface area contributed by atoms with Crippen LogP contribution < -0.4 is 5.73 Å². The highest BCUT2D eigenvalue weighted by Gasteiger charge is 2.29. The Bertz CT molecular complexity index is 605. The number of hydrogen-bond donors (Lipinski definition) is 1. The molecule has 0 bridgehead atoms. The Labute approximate surface area is 122 Å². The second-order valence-corrected chi connectivity index (χ2v) is 7.28. The van der Waals surface area contributed by atoms with Gasteiger partial charge < -0.3 is 10.3 Å². The third-order valence-corrected chi connectivity index (χ3v) is 4.85. The zero-order chi connectivity index (χ0) is 13.6. The first-order chi connectivity index (χ1) is 8.96. The summed E-state index contributed by atoms with van der Waals surface area (Å²) in [7, 11) is 0. The highest BCUT2D eigenvalue weighted by molar-refractivity contribution is 9.10. The summed E-state index contributed by atoms with van der Waals surface area (Å²) in [6.45, 7) is 4.71. The lowest BCUT2D eigenvalue weighted by molar-refractivity contribution is 0.197. The monoisotopic (exact) mass is 321 g/mol. The molecule has 1 aliphatic rings. The van der Waals surface area contributed by atoms with Crippen LogP contribution in [0.3, 0.4) is 0 Å². The van der Waals surface area contributed by atoms with Gasteiger partial charge >= 0.3 is 0 Å². The molecule has 0 amide bonds. The molecule has 1 fully saturated rings. The van der Waals surface area contributed by atoms with Gasteiger partial charge in [-0.05, 0) is 49.3 Å². The van der Waals surface area contributed by atoms with Crippen molar-refractivity contribution in [2.45, 2.75) is 45.6 Å². The molecule has 4 heteroatoms. The number of hydrogen-bond acceptors (Lipinski definition) is 2. The van der Waals surface area contributed by atoms with Crippen LogP contribution in [0.5, 0.6) is 0 Å². The number of anilines is 1. The van der Waals surface area contributed by atoms with E-state index in [1.807, 2.05) is 6.07 Å². The van der Waals surface area contributed by atoms with Crippen molar-refractivity contribution in [3.63, 3.8) is 0 Å². The third kappa shape index (κ3) is 2.38. The van der Waals surface area contributed by atoms with Crippen molar-refractivity contribution in [3.05, 3.63) is 22.7 Å². The van der Waals surface area contributed by atoms with Crippen molar-refractivity contribution in [2.24, 2.45) is 5.41 Å². The van der Waals surface area contributed by atoms with Crippen LogP contribution >= 0.6 is 15.9 Å². The summed E-state index contributed by atoms with van der Waals surface area (Å²) in [6.07, 6.45) is 4.90. The van der Waals surface area contributed by atoms with Gasteiger partial charge in [-0.3, -0.25) is 0 Å². The van der Waals surface area contributed by atoms with Gasteiger partial charge in [0.05, 0.1) is 11.0 Å². The first-order valence-electron chi connectivity index (χ1n) is 6.89. The quantitative estimate of drug-likeness (QED) is 0.839. The van der Waals surface area contributed by atoms with E-state index in [0.29, 0.717) is 17.4 Å². The molecule has 102 valence electrons. The summed E-state index contributed by atoms with van der Waals surface area (Å²) in [5.41, 5.74) is 8.76. The lowest BCUT2D eigenvalue weighted by atomic mass is 9.75. The lowest BCUT2D eigenvalue weighted by Gasteiger charge is -2.35. The van der Waals surface area contributed by atoms with Crippen LogP contribution in [-0.2, 0) is 0 Å². The van der Waals surface area contributed by atoms with Crippen molar-refractivity contribution in [3.8, 4) is 0 Å². The number of nitrogen functional groups attached to an aromatic ring is 1. The molecule has 1 aromatic carbocycles. The molecule has 0 atom stereocenters. The summed E-state index contributed by atoms with van der Waals surface area (Å²) in [4.78, 5) is 4.50. The topological polar surface area (TPSA) is 43.8 Å². The minimum atomic E-state index is 0.477. The number of rotatable bonds is 1. The Morgan fingerprint density at radius 2 is 2.00 bits per heavy atom. The molecule has 0 saturated heterocycles. The molecule has 2 aromatic rings. The van der Waals surface area contributed by atoms with Gasteiger partial charge in [0.2, 0.25) is 5.95 Å². The first-order valence-corrected chi connectivity index (χ1v) is 7.68. The largest absolute Gasteiger partial charge is 0.369 e. The lowest BCUT2D eigenvalue weighted by Crippen LogP contribution is -2.24. The second-order valence-electron chi connectivity index (χ2n) is 6.37.